The minimum atomic E-state index is -0.254. The van der Waals surface area contributed by atoms with Crippen LogP contribution in [0.25, 0.3) is 0 Å². The first kappa shape index (κ1) is 16.6. The molecule has 1 fully saturated rings. The lowest BCUT2D eigenvalue weighted by Crippen LogP contribution is -2.28. The fourth-order valence-corrected chi connectivity index (χ4v) is 3.47. The summed E-state index contributed by atoms with van der Waals surface area (Å²) >= 11 is 0. The zero-order valence-corrected chi connectivity index (χ0v) is 14.2. The molecule has 1 amide bonds. The molecule has 2 atom stereocenters. The van der Waals surface area contributed by atoms with Gasteiger partial charge in [0.25, 0.3) is 0 Å². The molecule has 0 spiro atoms. The van der Waals surface area contributed by atoms with Gasteiger partial charge in [0.05, 0.1) is 5.92 Å². The highest BCUT2D eigenvalue weighted by atomic mass is 19.1. The molecule has 128 valence electrons. The second-order valence-corrected chi connectivity index (χ2v) is 7.02. The van der Waals surface area contributed by atoms with E-state index >= 15 is 0 Å². The Labute approximate surface area is 140 Å². The number of halogens is 1. The number of aryl methyl sites for hydroxylation is 2. The van der Waals surface area contributed by atoms with E-state index in [2.05, 4.69) is 34.1 Å². The van der Waals surface area contributed by atoms with Crippen molar-refractivity contribution in [1.82, 2.24) is 15.6 Å². The highest BCUT2D eigenvalue weighted by Gasteiger charge is 2.62. The summed E-state index contributed by atoms with van der Waals surface area (Å²) in [4.78, 5) is 12.5. The van der Waals surface area contributed by atoms with Crippen LogP contribution in [0.3, 0.4) is 0 Å². The molecular weight excluding hydrogens is 309 g/mol. The van der Waals surface area contributed by atoms with Gasteiger partial charge in [-0.25, -0.2) is 9.02 Å². The molecule has 0 aliphatic heterocycles. The Kier molecular flexibility index (Phi) is 4.39. The molecule has 0 bridgehead atoms. The van der Waals surface area contributed by atoms with E-state index < -0.39 is 0 Å². The van der Waals surface area contributed by atoms with Crippen LogP contribution in [-0.2, 0) is 11.2 Å². The van der Waals surface area contributed by atoms with E-state index in [1.54, 1.807) is 12.1 Å². The Morgan fingerprint density at radius 1 is 1.29 bits per heavy atom. The van der Waals surface area contributed by atoms with Gasteiger partial charge < -0.3 is 5.32 Å². The summed E-state index contributed by atoms with van der Waals surface area (Å²) in [5, 5.41) is 10.6. The van der Waals surface area contributed by atoms with Crippen molar-refractivity contribution in [1.29, 1.82) is 0 Å². The van der Waals surface area contributed by atoms with Crippen molar-refractivity contribution in [3.8, 4) is 0 Å². The van der Waals surface area contributed by atoms with Crippen LogP contribution in [0.1, 0.15) is 43.1 Å². The molecule has 24 heavy (non-hydrogen) atoms. The maximum absolute atomic E-state index is 13.1. The van der Waals surface area contributed by atoms with Crippen molar-refractivity contribution in [2.45, 2.75) is 39.5 Å². The lowest BCUT2D eigenvalue weighted by atomic mass is 10.0. The average molecular weight is 331 g/mol. The first-order chi connectivity index (χ1) is 11.4. The number of aromatic nitrogens is 2. The van der Waals surface area contributed by atoms with Gasteiger partial charge in [0, 0.05) is 12.5 Å². The van der Waals surface area contributed by atoms with Crippen LogP contribution < -0.4 is 5.32 Å². The Hall–Kier alpha value is -2.24. The molecule has 1 heterocycles. The van der Waals surface area contributed by atoms with Gasteiger partial charge in [-0.2, -0.15) is 0 Å². The summed E-state index contributed by atoms with van der Waals surface area (Å²) in [6, 6.07) is 6.45. The van der Waals surface area contributed by atoms with Crippen LogP contribution in [0.5, 0.6) is 0 Å². The van der Waals surface area contributed by atoms with Crippen LogP contribution >= 0.6 is 0 Å². The molecule has 3 rings (SSSR count). The van der Waals surface area contributed by atoms with Crippen molar-refractivity contribution in [3.05, 3.63) is 47.0 Å². The lowest BCUT2D eigenvalue weighted by Gasteiger charge is -2.05. The summed E-state index contributed by atoms with van der Waals surface area (Å²) in [5.74, 6) is -0.126. The summed E-state index contributed by atoms with van der Waals surface area (Å²) in [6.45, 7) is 6.60. The third kappa shape index (κ3) is 3.18. The van der Waals surface area contributed by atoms with Crippen molar-refractivity contribution in [2.24, 2.45) is 11.3 Å². The van der Waals surface area contributed by atoms with Gasteiger partial charge in [-0.3, -0.25) is 4.79 Å². The molecule has 0 radical (unpaired) electrons. The third-order valence-corrected chi connectivity index (χ3v) is 4.97. The minimum Gasteiger partial charge on any atom is -0.356 e. The molecular formula is C18H22FN3O2. The van der Waals surface area contributed by atoms with Gasteiger partial charge in [-0.1, -0.05) is 36.3 Å². The number of benzene rings is 1. The largest absolute Gasteiger partial charge is 0.356 e. The highest BCUT2D eigenvalue weighted by molar-refractivity contribution is 5.84. The molecule has 1 aromatic carbocycles. The zero-order chi connectivity index (χ0) is 17.3. The van der Waals surface area contributed by atoms with Crippen LogP contribution in [0, 0.1) is 24.1 Å². The molecule has 1 aliphatic carbocycles. The fraction of sp³-hybridized carbons (Fsp3) is 0.500. The molecule has 5 nitrogen and oxygen atoms in total. The van der Waals surface area contributed by atoms with E-state index in [1.165, 1.54) is 12.1 Å². The fourth-order valence-electron chi connectivity index (χ4n) is 3.47. The average Bonchev–Trinajstić information content (AvgIpc) is 2.89. The number of nitrogens with one attached hydrogen (secondary N) is 1. The van der Waals surface area contributed by atoms with Crippen LogP contribution in [0.4, 0.5) is 4.39 Å². The van der Waals surface area contributed by atoms with Crippen LogP contribution in [-0.4, -0.2) is 22.8 Å². The first-order valence-electron chi connectivity index (χ1n) is 8.22. The number of hydrogen-bond donors (Lipinski definition) is 1. The van der Waals surface area contributed by atoms with Crippen molar-refractivity contribution < 1.29 is 13.8 Å². The van der Waals surface area contributed by atoms with Gasteiger partial charge in [-0.05, 0) is 42.9 Å². The Morgan fingerprint density at radius 3 is 2.62 bits per heavy atom. The second kappa shape index (κ2) is 6.34. The predicted molar refractivity (Wildman–Crippen MR) is 86.8 cm³/mol. The number of amides is 1. The van der Waals surface area contributed by atoms with Crippen molar-refractivity contribution >= 4 is 5.91 Å². The van der Waals surface area contributed by atoms with E-state index in [1.807, 2.05) is 6.92 Å². The number of carbonyl (C=O) groups is 1. The molecule has 1 N–H and O–H groups in total. The van der Waals surface area contributed by atoms with E-state index in [0.717, 1.165) is 29.8 Å². The van der Waals surface area contributed by atoms with Gasteiger partial charge in [0.2, 0.25) is 5.91 Å². The summed E-state index contributed by atoms with van der Waals surface area (Å²) in [5.41, 5.74) is 2.54. The van der Waals surface area contributed by atoms with E-state index in [9.17, 15) is 9.18 Å². The first-order valence-corrected chi connectivity index (χ1v) is 8.22. The molecule has 2 unspecified atom stereocenters. The Morgan fingerprint density at radius 2 is 2.00 bits per heavy atom. The maximum atomic E-state index is 13.1. The molecule has 2 aromatic rings. The molecule has 1 saturated carbocycles. The Balaban J connectivity index is 1.51. The van der Waals surface area contributed by atoms with Gasteiger partial charge >= 0.3 is 0 Å². The zero-order valence-electron chi connectivity index (χ0n) is 14.2. The quantitative estimate of drug-likeness (QED) is 0.826. The monoisotopic (exact) mass is 331 g/mol. The van der Waals surface area contributed by atoms with Crippen molar-refractivity contribution in [3.63, 3.8) is 0 Å². The topological polar surface area (TPSA) is 68.0 Å². The van der Waals surface area contributed by atoms with Crippen LogP contribution in [0.15, 0.2) is 28.9 Å². The van der Waals surface area contributed by atoms with E-state index in [0.29, 0.717) is 6.54 Å². The highest BCUT2D eigenvalue weighted by Crippen LogP contribution is 2.64. The number of nitrogens with zero attached hydrogens (tertiary/aromatic N) is 2. The van der Waals surface area contributed by atoms with E-state index in [4.69, 9.17) is 0 Å². The second-order valence-electron chi connectivity index (χ2n) is 7.02. The number of rotatable bonds is 6. The molecule has 1 aliphatic rings. The number of carbonyl (C=O) groups excluding carboxylic acids is 1. The standard InChI is InChI=1S/C18H22FN3O2/c1-11-14(22-24-21-11)5-4-10-20-17(23)16-15(18(16,2)3)12-6-8-13(19)9-7-12/h6-9,15-16H,4-5,10H2,1-3H3,(H,20,23). The van der Waals surface area contributed by atoms with Crippen LogP contribution in [0.2, 0.25) is 0 Å². The van der Waals surface area contributed by atoms with Gasteiger partial charge in [0.1, 0.15) is 17.2 Å². The SMILES string of the molecule is Cc1nonc1CCCNC(=O)C1C(c2ccc(F)cc2)C1(C)C. The lowest BCUT2D eigenvalue weighted by molar-refractivity contribution is -0.123. The number of hydrogen-bond acceptors (Lipinski definition) is 4. The summed E-state index contributed by atoms with van der Waals surface area (Å²) in [6.07, 6.45) is 1.51. The third-order valence-electron chi connectivity index (χ3n) is 4.97. The van der Waals surface area contributed by atoms with Gasteiger partial charge in [0.15, 0.2) is 0 Å². The normalized spacial score (nSPS) is 21.5. The Bertz CT molecular complexity index is 724. The van der Waals surface area contributed by atoms with E-state index in [-0.39, 0.29) is 29.0 Å². The molecule has 6 heteroatoms. The minimum absolute atomic E-state index is 0.0596. The maximum Gasteiger partial charge on any atom is 0.224 e. The predicted octanol–water partition coefficient (Wildman–Crippen LogP) is 3.01. The van der Waals surface area contributed by atoms with Crippen molar-refractivity contribution in [2.75, 3.05) is 6.54 Å². The smallest absolute Gasteiger partial charge is 0.224 e. The van der Waals surface area contributed by atoms with Gasteiger partial charge in [-0.15, -0.1) is 0 Å². The summed E-state index contributed by atoms with van der Waals surface area (Å²) < 4.78 is 17.7. The molecule has 0 saturated heterocycles. The molecule has 1 aromatic heterocycles. The summed E-state index contributed by atoms with van der Waals surface area (Å²) in [7, 11) is 0.